The molecule has 1 aliphatic rings. The highest BCUT2D eigenvalue weighted by atomic mass is 32.2. The fourth-order valence-corrected chi connectivity index (χ4v) is 5.08. The summed E-state index contributed by atoms with van der Waals surface area (Å²) in [6.07, 6.45) is 0. The van der Waals surface area contributed by atoms with Crippen LogP contribution in [0.5, 0.6) is 11.5 Å². The Balaban J connectivity index is 1.57. The molecule has 2 heterocycles. The molecule has 0 saturated heterocycles. The summed E-state index contributed by atoms with van der Waals surface area (Å²) in [5, 5.41) is 2.03. The van der Waals surface area contributed by atoms with Gasteiger partial charge in [-0.1, -0.05) is 24.3 Å². The Bertz CT molecular complexity index is 1020. The third-order valence-electron chi connectivity index (χ3n) is 4.55. The molecule has 146 valence electrons. The van der Waals surface area contributed by atoms with Crippen LogP contribution in [0.15, 0.2) is 70.9 Å². The monoisotopic (exact) mass is 415 g/mol. The first-order valence-electron chi connectivity index (χ1n) is 9.07. The lowest BCUT2D eigenvalue weighted by Gasteiger charge is -2.26. The number of rotatable bonds is 7. The highest BCUT2D eigenvalue weighted by molar-refractivity contribution is 7.91. The van der Waals surface area contributed by atoms with E-state index in [1.54, 1.807) is 35.6 Å². The highest BCUT2D eigenvalue weighted by Crippen LogP contribution is 2.34. The number of benzene rings is 2. The molecule has 7 heteroatoms. The molecule has 0 spiro atoms. The Labute approximate surface area is 169 Å². The van der Waals surface area contributed by atoms with Crippen LogP contribution in [0.1, 0.15) is 4.88 Å². The number of anilines is 1. The molecular weight excluding hydrogens is 394 g/mol. The van der Waals surface area contributed by atoms with Crippen LogP contribution in [-0.4, -0.2) is 33.9 Å². The molecule has 3 aromatic rings. The van der Waals surface area contributed by atoms with Crippen molar-refractivity contribution in [1.82, 2.24) is 0 Å². The van der Waals surface area contributed by atoms with E-state index < -0.39 is 9.84 Å². The minimum atomic E-state index is -3.35. The van der Waals surface area contributed by atoms with E-state index >= 15 is 0 Å². The van der Waals surface area contributed by atoms with Crippen molar-refractivity contribution in [2.45, 2.75) is 11.4 Å². The first-order valence-corrected chi connectivity index (χ1v) is 11.6. The Morgan fingerprint density at radius 1 is 0.929 bits per heavy atom. The third-order valence-corrected chi connectivity index (χ3v) is 7.12. The summed E-state index contributed by atoms with van der Waals surface area (Å²) in [6, 6.07) is 18.4. The van der Waals surface area contributed by atoms with Crippen LogP contribution >= 0.6 is 11.3 Å². The van der Waals surface area contributed by atoms with Gasteiger partial charge in [-0.15, -0.1) is 11.3 Å². The van der Waals surface area contributed by atoms with Crippen molar-refractivity contribution >= 4 is 26.9 Å². The Morgan fingerprint density at radius 3 is 2.46 bits per heavy atom. The van der Waals surface area contributed by atoms with Crippen LogP contribution in [0.3, 0.4) is 0 Å². The van der Waals surface area contributed by atoms with Crippen LogP contribution in [0.2, 0.25) is 0 Å². The van der Waals surface area contributed by atoms with Gasteiger partial charge in [-0.2, -0.15) is 0 Å². The zero-order valence-corrected chi connectivity index (χ0v) is 16.9. The Morgan fingerprint density at radius 2 is 1.71 bits per heavy atom. The summed E-state index contributed by atoms with van der Waals surface area (Å²) in [6.45, 7) is 2.08. The first kappa shape index (κ1) is 18.8. The second kappa shape index (κ2) is 8.24. The Kier molecular flexibility index (Phi) is 5.54. The van der Waals surface area contributed by atoms with E-state index in [1.807, 2.05) is 35.7 Å². The molecule has 1 aliphatic heterocycles. The van der Waals surface area contributed by atoms with Crippen LogP contribution in [0.4, 0.5) is 5.69 Å². The molecule has 28 heavy (non-hydrogen) atoms. The highest BCUT2D eigenvalue weighted by Gasteiger charge is 2.19. The zero-order chi connectivity index (χ0) is 19.4. The van der Waals surface area contributed by atoms with Gasteiger partial charge in [-0.3, -0.25) is 0 Å². The summed E-state index contributed by atoms with van der Waals surface area (Å²) in [7, 11) is -3.35. The molecule has 0 bridgehead atoms. The summed E-state index contributed by atoms with van der Waals surface area (Å²) in [4.78, 5) is 3.60. The fourth-order valence-electron chi connectivity index (χ4n) is 3.09. The second-order valence-electron chi connectivity index (χ2n) is 6.46. The van der Waals surface area contributed by atoms with Crippen molar-refractivity contribution in [3.63, 3.8) is 0 Å². The van der Waals surface area contributed by atoms with Crippen molar-refractivity contribution in [2.24, 2.45) is 0 Å². The molecular formula is C21H21NO4S2. The molecule has 0 aliphatic carbocycles. The minimum Gasteiger partial charge on any atom is -0.486 e. The molecule has 2 aromatic carbocycles. The summed E-state index contributed by atoms with van der Waals surface area (Å²) in [5.41, 5.74) is 0.918. The first-order chi connectivity index (χ1) is 13.6. The molecule has 0 unspecified atom stereocenters. The van der Waals surface area contributed by atoms with Gasteiger partial charge in [0.15, 0.2) is 21.3 Å². The number of nitrogens with zero attached hydrogens (tertiary/aromatic N) is 1. The number of sulfone groups is 1. The van der Waals surface area contributed by atoms with Crippen molar-refractivity contribution in [2.75, 3.05) is 30.4 Å². The topological polar surface area (TPSA) is 55.8 Å². The van der Waals surface area contributed by atoms with Gasteiger partial charge < -0.3 is 14.4 Å². The average molecular weight is 416 g/mol. The third kappa shape index (κ3) is 4.31. The van der Waals surface area contributed by atoms with Crippen molar-refractivity contribution in [3.8, 4) is 11.5 Å². The molecule has 0 fully saturated rings. The number of ether oxygens (including phenoxy) is 2. The van der Waals surface area contributed by atoms with E-state index in [2.05, 4.69) is 11.0 Å². The maximum absolute atomic E-state index is 12.7. The van der Waals surface area contributed by atoms with E-state index in [1.165, 1.54) is 4.88 Å². The molecule has 0 atom stereocenters. The Hall–Kier alpha value is -2.51. The van der Waals surface area contributed by atoms with Gasteiger partial charge in [-0.05, 0) is 35.7 Å². The van der Waals surface area contributed by atoms with Gasteiger partial charge >= 0.3 is 0 Å². The van der Waals surface area contributed by atoms with Gasteiger partial charge in [0.25, 0.3) is 0 Å². The molecule has 0 radical (unpaired) electrons. The van der Waals surface area contributed by atoms with Gasteiger partial charge in [0.05, 0.1) is 17.2 Å². The van der Waals surface area contributed by atoms with Crippen molar-refractivity contribution in [1.29, 1.82) is 0 Å². The van der Waals surface area contributed by atoms with Gasteiger partial charge in [0, 0.05) is 23.2 Å². The number of fused-ring (bicyclic) bond motifs is 1. The minimum absolute atomic E-state index is 0.0385. The number of thiophene rings is 1. The number of hydrogen-bond acceptors (Lipinski definition) is 6. The SMILES string of the molecule is O=S(=O)(CCN(Cc1cccs1)c1ccc2c(c1)OCCO2)c1ccccc1. The zero-order valence-electron chi connectivity index (χ0n) is 15.3. The van der Waals surface area contributed by atoms with Crippen molar-refractivity contribution < 1.29 is 17.9 Å². The normalized spacial score (nSPS) is 13.3. The van der Waals surface area contributed by atoms with Gasteiger partial charge in [-0.25, -0.2) is 8.42 Å². The number of hydrogen-bond donors (Lipinski definition) is 0. The fraction of sp³-hybridized carbons (Fsp3) is 0.238. The molecule has 5 nitrogen and oxygen atoms in total. The molecule has 4 rings (SSSR count). The lowest BCUT2D eigenvalue weighted by molar-refractivity contribution is 0.171. The van der Waals surface area contributed by atoms with Crippen LogP contribution < -0.4 is 14.4 Å². The van der Waals surface area contributed by atoms with Gasteiger partial charge in [0.1, 0.15) is 13.2 Å². The second-order valence-corrected chi connectivity index (χ2v) is 9.60. The largest absolute Gasteiger partial charge is 0.486 e. The molecule has 1 aromatic heterocycles. The van der Waals surface area contributed by atoms with Crippen LogP contribution in [0, 0.1) is 0 Å². The molecule has 0 saturated carbocycles. The predicted octanol–water partition coefficient (Wildman–Crippen LogP) is 4.00. The van der Waals surface area contributed by atoms with E-state index in [9.17, 15) is 8.42 Å². The van der Waals surface area contributed by atoms with Crippen LogP contribution in [-0.2, 0) is 16.4 Å². The maximum atomic E-state index is 12.7. The summed E-state index contributed by atoms with van der Waals surface area (Å²) < 4.78 is 36.8. The van der Waals surface area contributed by atoms with Gasteiger partial charge in [0.2, 0.25) is 0 Å². The quantitative estimate of drug-likeness (QED) is 0.584. The standard InChI is InChI=1S/C21H21NO4S2/c23-28(24,19-6-2-1-3-7-19)14-10-22(16-18-5-4-13-27-18)17-8-9-20-21(15-17)26-12-11-25-20/h1-9,13,15H,10-12,14,16H2. The molecule has 0 amide bonds. The van der Waals surface area contributed by atoms with Crippen LogP contribution in [0.25, 0.3) is 0 Å². The van der Waals surface area contributed by atoms with E-state index in [0.717, 1.165) is 11.4 Å². The van der Waals surface area contributed by atoms with Crippen molar-refractivity contribution in [3.05, 3.63) is 70.9 Å². The average Bonchev–Trinajstić information content (AvgIpc) is 3.24. The lowest BCUT2D eigenvalue weighted by atomic mass is 10.2. The smallest absolute Gasteiger partial charge is 0.180 e. The van der Waals surface area contributed by atoms with E-state index in [0.29, 0.717) is 36.9 Å². The lowest BCUT2D eigenvalue weighted by Crippen LogP contribution is -2.29. The maximum Gasteiger partial charge on any atom is 0.180 e. The predicted molar refractivity (Wildman–Crippen MR) is 111 cm³/mol. The molecule has 0 N–H and O–H groups in total. The summed E-state index contributed by atoms with van der Waals surface area (Å²) in [5.74, 6) is 1.46. The summed E-state index contributed by atoms with van der Waals surface area (Å²) >= 11 is 1.66. The van der Waals surface area contributed by atoms with E-state index in [-0.39, 0.29) is 5.75 Å². The van der Waals surface area contributed by atoms with E-state index in [4.69, 9.17) is 9.47 Å².